The van der Waals surface area contributed by atoms with Crippen LogP contribution in [0.1, 0.15) is 56.1 Å². The normalized spacial score (nSPS) is 10.9. The van der Waals surface area contributed by atoms with E-state index in [4.69, 9.17) is 4.74 Å². The van der Waals surface area contributed by atoms with Crippen molar-refractivity contribution in [1.82, 2.24) is 9.55 Å². The van der Waals surface area contributed by atoms with Gasteiger partial charge in [0, 0.05) is 23.3 Å². The molecule has 0 bridgehead atoms. The van der Waals surface area contributed by atoms with Gasteiger partial charge in [-0.1, -0.05) is 13.8 Å². The predicted molar refractivity (Wildman–Crippen MR) is 87.6 cm³/mol. The smallest absolute Gasteiger partial charge is 0.420 e. The van der Waals surface area contributed by atoms with Crippen LogP contribution in [0.3, 0.4) is 0 Å². The Morgan fingerprint density at radius 3 is 2.32 bits per heavy atom. The summed E-state index contributed by atoms with van der Waals surface area (Å²) < 4.78 is 6.69. The largest absolute Gasteiger partial charge is 0.443 e. The molecule has 0 aliphatic rings. The molecule has 0 unspecified atom stereocenters. The summed E-state index contributed by atoms with van der Waals surface area (Å²) in [6.45, 7) is 13.1. The van der Waals surface area contributed by atoms with Crippen molar-refractivity contribution < 1.29 is 14.3 Å². The standard InChI is InChI=1S/C15H18N2O3.C2H6/c1-9-6-16-13-12(11(9)8-18)10(2)7-17(13)14(19)20-15(3,4)5;1-2/h6-8H,1-5H3;1-2H3. The van der Waals surface area contributed by atoms with E-state index in [0.29, 0.717) is 16.6 Å². The number of aldehydes is 1. The van der Waals surface area contributed by atoms with Gasteiger partial charge in [0.15, 0.2) is 6.29 Å². The van der Waals surface area contributed by atoms with Gasteiger partial charge in [0.25, 0.3) is 0 Å². The van der Waals surface area contributed by atoms with Gasteiger partial charge in [0.2, 0.25) is 0 Å². The molecule has 2 aromatic heterocycles. The topological polar surface area (TPSA) is 61.2 Å². The minimum absolute atomic E-state index is 0.449. The quantitative estimate of drug-likeness (QED) is 0.738. The zero-order chi connectivity index (χ0) is 17.1. The van der Waals surface area contributed by atoms with Crippen molar-refractivity contribution in [2.75, 3.05) is 0 Å². The molecule has 0 aliphatic heterocycles. The van der Waals surface area contributed by atoms with E-state index in [0.717, 1.165) is 17.4 Å². The monoisotopic (exact) mass is 304 g/mol. The summed E-state index contributed by atoms with van der Waals surface area (Å²) in [6, 6.07) is 0. The predicted octanol–water partition coefficient (Wildman–Crippen LogP) is 4.28. The number of aryl methyl sites for hydroxylation is 2. The van der Waals surface area contributed by atoms with Crippen LogP contribution in [0.4, 0.5) is 4.79 Å². The Morgan fingerprint density at radius 2 is 1.82 bits per heavy atom. The van der Waals surface area contributed by atoms with Crippen LogP contribution < -0.4 is 0 Å². The highest BCUT2D eigenvalue weighted by Gasteiger charge is 2.22. The molecule has 0 saturated carbocycles. The number of carbonyl (C=O) groups is 2. The lowest BCUT2D eigenvalue weighted by Gasteiger charge is -2.19. The molecular formula is C17H24N2O3. The van der Waals surface area contributed by atoms with E-state index in [2.05, 4.69) is 4.98 Å². The Kier molecular flexibility index (Phi) is 5.47. The number of aromatic nitrogens is 2. The summed E-state index contributed by atoms with van der Waals surface area (Å²) in [6.07, 6.45) is 3.54. The van der Waals surface area contributed by atoms with Gasteiger partial charge in [-0.3, -0.25) is 4.79 Å². The lowest BCUT2D eigenvalue weighted by molar-refractivity contribution is 0.0543. The number of carbonyl (C=O) groups excluding carboxylic acids is 2. The minimum Gasteiger partial charge on any atom is -0.443 e. The molecule has 120 valence electrons. The van der Waals surface area contributed by atoms with Crippen LogP contribution in [-0.2, 0) is 4.74 Å². The highest BCUT2D eigenvalue weighted by Crippen LogP contribution is 2.25. The van der Waals surface area contributed by atoms with E-state index in [1.165, 1.54) is 4.57 Å². The third-order valence-electron chi connectivity index (χ3n) is 2.95. The molecule has 0 atom stereocenters. The second-order valence-corrected chi connectivity index (χ2v) is 5.83. The van der Waals surface area contributed by atoms with E-state index in [-0.39, 0.29) is 0 Å². The molecular weight excluding hydrogens is 280 g/mol. The average molecular weight is 304 g/mol. The molecule has 0 fully saturated rings. The molecule has 5 heteroatoms. The Morgan fingerprint density at radius 1 is 1.23 bits per heavy atom. The highest BCUT2D eigenvalue weighted by molar-refractivity contribution is 6.01. The summed E-state index contributed by atoms with van der Waals surface area (Å²) in [7, 11) is 0. The number of pyridine rings is 1. The minimum atomic E-state index is -0.584. The molecule has 22 heavy (non-hydrogen) atoms. The number of rotatable bonds is 1. The van der Waals surface area contributed by atoms with Gasteiger partial charge >= 0.3 is 6.09 Å². The molecule has 2 heterocycles. The van der Waals surface area contributed by atoms with Gasteiger partial charge in [-0.25, -0.2) is 14.3 Å². The van der Waals surface area contributed by atoms with Crippen LogP contribution >= 0.6 is 0 Å². The summed E-state index contributed by atoms with van der Waals surface area (Å²) in [5, 5.41) is 0.700. The molecule has 0 amide bonds. The van der Waals surface area contributed by atoms with Gasteiger partial charge in [-0.05, 0) is 45.7 Å². The van der Waals surface area contributed by atoms with Gasteiger partial charge in [-0.15, -0.1) is 0 Å². The van der Waals surface area contributed by atoms with Crippen LogP contribution in [0.15, 0.2) is 12.4 Å². The van der Waals surface area contributed by atoms with Gasteiger partial charge in [0.1, 0.15) is 11.2 Å². The Labute approximate surface area is 131 Å². The van der Waals surface area contributed by atoms with Crippen molar-refractivity contribution >= 4 is 23.4 Å². The summed E-state index contributed by atoms with van der Waals surface area (Å²) in [5.41, 5.74) is 2.04. The van der Waals surface area contributed by atoms with E-state index in [1.54, 1.807) is 33.2 Å². The first-order valence-corrected chi connectivity index (χ1v) is 7.40. The van der Waals surface area contributed by atoms with E-state index >= 15 is 0 Å². The number of hydrogen-bond donors (Lipinski definition) is 0. The molecule has 0 aliphatic carbocycles. The highest BCUT2D eigenvalue weighted by atomic mass is 16.6. The Bertz CT molecular complexity index is 694. The molecule has 0 radical (unpaired) electrons. The van der Waals surface area contributed by atoms with Crippen molar-refractivity contribution in [3.63, 3.8) is 0 Å². The maximum atomic E-state index is 12.2. The fraction of sp³-hybridized carbons (Fsp3) is 0.471. The van der Waals surface area contributed by atoms with E-state index < -0.39 is 11.7 Å². The van der Waals surface area contributed by atoms with Crippen molar-refractivity contribution in [1.29, 1.82) is 0 Å². The maximum absolute atomic E-state index is 12.2. The molecule has 0 spiro atoms. The third-order valence-corrected chi connectivity index (χ3v) is 2.95. The van der Waals surface area contributed by atoms with Gasteiger partial charge in [0.05, 0.1) is 0 Å². The first-order valence-electron chi connectivity index (χ1n) is 7.40. The molecule has 2 rings (SSSR count). The number of fused-ring (bicyclic) bond motifs is 1. The van der Waals surface area contributed by atoms with E-state index in [9.17, 15) is 9.59 Å². The first-order chi connectivity index (χ1) is 10.2. The average Bonchev–Trinajstić information content (AvgIpc) is 2.77. The van der Waals surface area contributed by atoms with Crippen molar-refractivity contribution in [2.24, 2.45) is 0 Å². The van der Waals surface area contributed by atoms with Gasteiger partial charge < -0.3 is 4.74 Å². The second-order valence-electron chi connectivity index (χ2n) is 5.83. The van der Waals surface area contributed by atoms with E-state index in [1.807, 2.05) is 27.7 Å². The number of nitrogens with zero attached hydrogens (tertiary/aromatic N) is 2. The summed E-state index contributed by atoms with van der Waals surface area (Å²) >= 11 is 0. The van der Waals surface area contributed by atoms with Crippen LogP contribution in [0, 0.1) is 13.8 Å². The fourth-order valence-electron chi connectivity index (χ4n) is 2.10. The van der Waals surface area contributed by atoms with Crippen LogP contribution in [0.5, 0.6) is 0 Å². The van der Waals surface area contributed by atoms with Crippen LogP contribution in [0.2, 0.25) is 0 Å². The van der Waals surface area contributed by atoms with Crippen LogP contribution in [0.25, 0.3) is 11.0 Å². The van der Waals surface area contributed by atoms with Crippen molar-refractivity contribution in [3.05, 3.63) is 29.1 Å². The molecule has 0 aromatic carbocycles. The third kappa shape index (κ3) is 3.53. The molecule has 5 nitrogen and oxygen atoms in total. The summed E-state index contributed by atoms with van der Waals surface area (Å²) in [5.74, 6) is 0. The SMILES string of the molecule is CC.Cc1cnc2c(c(C)cn2C(=O)OC(C)(C)C)c1C=O. The molecule has 0 saturated heterocycles. The second kappa shape index (κ2) is 6.73. The fourth-order valence-corrected chi connectivity index (χ4v) is 2.10. The van der Waals surface area contributed by atoms with Crippen LogP contribution in [-0.4, -0.2) is 27.5 Å². The van der Waals surface area contributed by atoms with Crippen molar-refractivity contribution in [2.45, 2.75) is 54.1 Å². The molecule has 2 aromatic rings. The lowest BCUT2D eigenvalue weighted by Crippen LogP contribution is -2.26. The maximum Gasteiger partial charge on any atom is 0.420 e. The zero-order valence-corrected chi connectivity index (χ0v) is 14.4. The Hall–Kier alpha value is -2.17. The van der Waals surface area contributed by atoms with Crippen molar-refractivity contribution in [3.8, 4) is 0 Å². The Balaban J connectivity index is 0.00000116. The first kappa shape index (κ1) is 17.9. The number of hydrogen-bond acceptors (Lipinski definition) is 4. The summed E-state index contributed by atoms with van der Waals surface area (Å²) in [4.78, 5) is 27.7. The number of ether oxygens (including phenoxy) is 1. The lowest BCUT2D eigenvalue weighted by atomic mass is 10.1. The molecule has 0 N–H and O–H groups in total. The van der Waals surface area contributed by atoms with Gasteiger partial charge in [-0.2, -0.15) is 0 Å². The zero-order valence-electron chi connectivity index (χ0n) is 14.4.